The van der Waals surface area contributed by atoms with Gasteiger partial charge in [-0.15, -0.1) is 0 Å². The number of amides is 2. The van der Waals surface area contributed by atoms with Gasteiger partial charge in [-0.1, -0.05) is 82.6 Å². The van der Waals surface area contributed by atoms with Gasteiger partial charge in [-0.25, -0.2) is 9.59 Å². The first-order valence-electron chi connectivity index (χ1n) is 12.1. The molecule has 3 rings (SSSR count). The second-order valence-electron chi connectivity index (χ2n) is 10.4. The van der Waals surface area contributed by atoms with Crippen LogP contribution in [0, 0.1) is 5.41 Å². The van der Waals surface area contributed by atoms with Crippen molar-refractivity contribution in [1.29, 1.82) is 0 Å². The average Bonchev–Trinajstić information content (AvgIpc) is 3.13. The summed E-state index contributed by atoms with van der Waals surface area (Å²) < 4.78 is 5.60. The number of nitrogens with one attached hydrogen (secondary N) is 1. The molecule has 2 aromatic carbocycles. The van der Waals surface area contributed by atoms with Crippen LogP contribution in [-0.4, -0.2) is 53.7 Å². The van der Waals surface area contributed by atoms with E-state index in [0.29, 0.717) is 19.3 Å². The average molecular weight is 481 g/mol. The van der Waals surface area contributed by atoms with Crippen molar-refractivity contribution in [1.82, 2.24) is 10.2 Å². The van der Waals surface area contributed by atoms with E-state index in [9.17, 15) is 19.5 Å². The number of rotatable bonds is 9. The number of carboxylic acids is 1. The summed E-state index contributed by atoms with van der Waals surface area (Å²) in [5.74, 6) is -1.58. The molecule has 0 saturated carbocycles. The van der Waals surface area contributed by atoms with Gasteiger partial charge in [0, 0.05) is 13.0 Å². The van der Waals surface area contributed by atoms with Gasteiger partial charge >= 0.3 is 12.1 Å². The SMILES string of the molecule is CCC[C@H](NC(=O)OCC1c2ccccc2-c2ccccc21)C(=O)N(C)C(CC(C)(C)C)C(=O)O. The second-order valence-corrected chi connectivity index (χ2v) is 10.4. The Kier molecular flexibility index (Phi) is 8.20. The molecule has 0 saturated heterocycles. The summed E-state index contributed by atoms with van der Waals surface area (Å²) in [5, 5.41) is 12.4. The maximum atomic E-state index is 13.2. The number of nitrogens with zero attached hydrogens (tertiary/aromatic N) is 1. The quantitative estimate of drug-likeness (QED) is 0.524. The van der Waals surface area contributed by atoms with Crippen molar-refractivity contribution in [2.45, 2.75) is 65.0 Å². The molecule has 0 fully saturated rings. The third kappa shape index (κ3) is 6.21. The summed E-state index contributed by atoms with van der Waals surface area (Å²) in [6, 6.07) is 14.3. The smallest absolute Gasteiger partial charge is 0.407 e. The molecule has 0 heterocycles. The minimum atomic E-state index is -1.06. The minimum Gasteiger partial charge on any atom is -0.480 e. The zero-order chi connectivity index (χ0) is 25.8. The Morgan fingerprint density at radius 2 is 1.57 bits per heavy atom. The van der Waals surface area contributed by atoms with Crippen LogP contribution in [0.25, 0.3) is 11.1 Å². The van der Waals surface area contributed by atoms with Gasteiger partial charge < -0.3 is 20.1 Å². The maximum absolute atomic E-state index is 13.2. The number of hydrogen-bond donors (Lipinski definition) is 2. The van der Waals surface area contributed by atoms with E-state index in [2.05, 4.69) is 17.4 Å². The van der Waals surface area contributed by atoms with Crippen LogP contribution in [0.15, 0.2) is 48.5 Å². The van der Waals surface area contributed by atoms with Crippen molar-refractivity contribution in [2.24, 2.45) is 5.41 Å². The van der Waals surface area contributed by atoms with E-state index < -0.39 is 30.1 Å². The molecular weight excluding hydrogens is 444 g/mol. The number of aliphatic carboxylic acids is 1. The lowest BCUT2D eigenvalue weighted by Gasteiger charge is -2.32. The second kappa shape index (κ2) is 10.9. The molecule has 7 nitrogen and oxygen atoms in total. The third-order valence-electron chi connectivity index (χ3n) is 6.42. The van der Waals surface area contributed by atoms with E-state index in [1.807, 2.05) is 64.1 Å². The number of carboxylic acid groups (broad SMARTS) is 1. The van der Waals surface area contributed by atoms with Gasteiger partial charge in [0.25, 0.3) is 0 Å². The molecular formula is C28H36N2O5. The van der Waals surface area contributed by atoms with Crippen LogP contribution in [0.3, 0.4) is 0 Å². The number of likely N-dealkylation sites (N-methyl/N-ethyl adjacent to an activating group) is 1. The lowest BCUT2D eigenvalue weighted by molar-refractivity contribution is -0.151. The molecule has 0 spiro atoms. The first kappa shape index (κ1) is 26.3. The first-order valence-corrected chi connectivity index (χ1v) is 12.1. The predicted molar refractivity (Wildman–Crippen MR) is 135 cm³/mol. The van der Waals surface area contributed by atoms with Crippen molar-refractivity contribution < 1.29 is 24.2 Å². The van der Waals surface area contributed by atoms with Crippen LogP contribution in [0.4, 0.5) is 4.79 Å². The minimum absolute atomic E-state index is 0.0840. The molecule has 1 unspecified atom stereocenters. The Balaban J connectivity index is 1.68. The number of ether oxygens (including phenoxy) is 1. The molecule has 0 aromatic heterocycles. The number of alkyl carbamates (subject to hydrolysis) is 1. The van der Waals surface area contributed by atoms with E-state index in [4.69, 9.17) is 4.74 Å². The van der Waals surface area contributed by atoms with Crippen molar-refractivity contribution in [3.8, 4) is 11.1 Å². The molecule has 1 aliphatic carbocycles. The van der Waals surface area contributed by atoms with Crippen LogP contribution in [0.1, 0.15) is 64.0 Å². The normalized spacial score (nSPS) is 14.4. The lowest BCUT2D eigenvalue weighted by Crippen LogP contribution is -2.53. The van der Waals surface area contributed by atoms with Crippen LogP contribution < -0.4 is 5.32 Å². The topological polar surface area (TPSA) is 95.9 Å². The highest BCUT2D eigenvalue weighted by atomic mass is 16.5. The number of carbonyl (C=O) groups is 3. The van der Waals surface area contributed by atoms with E-state index >= 15 is 0 Å². The predicted octanol–water partition coefficient (Wildman–Crippen LogP) is 5.04. The van der Waals surface area contributed by atoms with E-state index in [-0.39, 0.29) is 17.9 Å². The molecule has 0 aliphatic heterocycles. The number of hydrogen-bond acceptors (Lipinski definition) is 4. The highest BCUT2D eigenvalue weighted by Crippen LogP contribution is 2.44. The van der Waals surface area contributed by atoms with Crippen LogP contribution in [0.5, 0.6) is 0 Å². The molecule has 2 aromatic rings. The summed E-state index contributed by atoms with van der Waals surface area (Å²) in [6.45, 7) is 7.84. The van der Waals surface area contributed by atoms with Crippen LogP contribution in [0.2, 0.25) is 0 Å². The number of carbonyl (C=O) groups excluding carboxylic acids is 2. The van der Waals surface area contributed by atoms with Gasteiger partial charge in [-0.2, -0.15) is 0 Å². The number of fused-ring (bicyclic) bond motifs is 3. The number of benzene rings is 2. The Morgan fingerprint density at radius 1 is 1.03 bits per heavy atom. The summed E-state index contributed by atoms with van der Waals surface area (Å²) in [4.78, 5) is 39.0. The zero-order valence-electron chi connectivity index (χ0n) is 21.2. The van der Waals surface area contributed by atoms with Gasteiger partial charge in [0.05, 0.1) is 0 Å². The summed E-state index contributed by atoms with van der Waals surface area (Å²) in [7, 11) is 1.48. The molecule has 35 heavy (non-hydrogen) atoms. The van der Waals surface area contributed by atoms with Gasteiger partial charge in [0.1, 0.15) is 18.7 Å². The van der Waals surface area contributed by atoms with Crippen LogP contribution in [-0.2, 0) is 14.3 Å². The van der Waals surface area contributed by atoms with E-state index in [1.165, 1.54) is 11.9 Å². The fraction of sp³-hybridized carbons (Fsp3) is 0.464. The third-order valence-corrected chi connectivity index (χ3v) is 6.42. The Bertz CT molecular complexity index is 1030. The molecule has 2 amide bonds. The van der Waals surface area contributed by atoms with Gasteiger partial charge in [-0.05, 0) is 40.5 Å². The fourth-order valence-electron chi connectivity index (χ4n) is 4.70. The molecule has 0 bridgehead atoms. The Hall–Kier alpha value is -3.35. The first-order chi connectivity index (χ1) is 16.5. The van der Waals surface area contributed by atoms with Crippen LogP contribution >= 0.6 is 0 Å². The summed E-state index contributed by atoms with van der Waals surface area (Å²) >= 11 is 0. The summed E-state index contributed by atoms with van der Waals surface area (Å²) in [6.07, 6.45) is 0.642. The lowest BCUT2D eigenvalue weighted by atomic mass is 9.87. The molecule has 1 aliphatic rings. The molecule has 188 valence electrons. The monoisotopic (exact) mass is 480 g/mol. The van der Waals surface area contributed by atoms with Crippen molar-refractivity contribution >= 4 is 18.0 Å². The Morgan fingerprint density at radius 3 is 2.06 bits per heavy atom. The van der Waals surface area contributed by atoms with E-state index in [1.54, 1.807) is 0 Å². The van der Waals surface area contributed by atoms with Gasteiger partial charge in [0.2, 0.25) is 5.91 Å². The highest BCUT2D eigenvalue weighted by Gasteiger charge is 2.35. The molecule has 7 heteroatoms. The molecule has 0 radical (unpaired) electrons. The van der Waals surface area contributed by atoms with E-state index in [0.717, 1.165) is 22.3 Å². The van der Waals surface area contributed by atoms with Crippen molar-refractivity contribution in [2.75, 3.05) is 13.7 Å². The zero-order valence-corrected chi connectivity index (χ0v) is 21.2. The highest BCUT2D eigenvalue weighted by molar-refractivity contribution is 5.89. The molecule has 2 N–H and O–H groups in total. The summed E-state index contributed by atoms with van der Waals surface area (Å²) in [5.41, 5.74) is 4.20. The largest absolute Gasteiger partial charge is 0.480 e. The van der Waals surface area contributed by atoms with Crippen molar-refractivity contribution in [3.63, 3.8) is 0 Å². The van der Waals surface area contributed by atoms with Gasteiger partial charge in [-0.3, -0.25) is 4.79 Å². The Labute approximate surface area is 207 Å². The van der Waals surface area contributed by atoms with Crippen molar-refractivity contribution in [3.05, 3.63) is 59.7 Å². The molecule has 2 atom stereocenters. The van der Waals surface area contributed by atoms with Gasteiger partial charge in [0.15, 0.2) is 0 Å². The fourth-order valence-corrected chi connectivity index (χ4v) is 4.70. The standard InChI is InChI=1S/C28H36N2O5/c1-6-11-23(25(31)30(5)24(26(32)33)16-28(2,3)4)29-27(34)35-17-22-20-14-9-7-12-18(20)19-13-8-10-15-21(19)22/h7-10,12-15,22-24H,6,11,16-17H2,1-5H3,(H,29,34)(H,32,33)/t23-,24?/m0/s1. The maximum Gasteiger partial charge on any atom is 0.407 e.